The van der Waals surface area contributed by atoms with Crippen molar-refractivity contribution in [3.8, 4) is 5.75 Å². The van der Waals surface area contributed by atoms with Gasteiger partial charge in [-0.3, -0.25) is 4.79 Å². The summed E-state index contributed by atoms with van der Waals surface area (Å²) in [5.41, 5.74) is 1.06. The van der Waals surface area contributed by atoms with Crippen molar-refractivity contribution in [2.45, 2.75) is 6.42 Å². The second-order valence-corrected chi connectivity index (χ2v) is 4.02. The first kappa shape index (κ1) is 13.3. The smallest absolute Gasteiger partial charge is 0.289 e. The topological polar surface area (TPSA) is 56.8 Å². The van der Waals surface area contributed by atoms with Gasteiger partial charge in [0.25, 0.3) is 5.91 Å². The molecule has 0 spiro atoms. The van der Waals surface area contributed by atoms with Crippen molar-refractivity contribution in [1.29, 1.82) is 0 Å². The summed E-state index contributed by atoms with van der Waals surface area (Å²) in [5, 5.41) is 2.78. The highest BCUT2D eigenvalue weighted by atomic mass is 16.6. The summed E-state index contributed by atoms with van der Waals surface area (Å²) in [7, 11) is 1.63. The summed E-state index contributed by atoms with van der Waals surface area (Å²) >= 11 is 0. The van der Waals surface area contributed by atoms with Crippen LogP contribution in [0, 0.1) is 0 Å². The van der Waals surface area contributed by atoms with E-state index >= 15 is 0 Å². The van der Waals surface area contributed by atoms with Crippen LogP contribution >= 0.6 is 0 Å². The third-order valence-electron chi connectivity index (χ3n) is 2.75. The minimum atomic E-state index is -0.255. The molecule has 19 heavy (non-hydrogen) atoms. The summed E-state index contributed by atoms with van der Waals surface area (Å²) in [4.78, 5) is 11.7. The van der Waals surface area contributed by atoms with E-state index < -0.39 is 0 Å². The Kier molecular flexibility index (Phi) is 4.66. The van der Waals surface area contributed by atoms with Gasteiger partial charge >= 0.3 is 0 Å². The van der Waals surface area contributed by atoms with Gasteiger partial charge in [0.05, 0.1) is 7.11 Å². The summed E-state index contributed by atoms with van der Waals surface area (Å²) in [5.74, 6) is 0.800. The predicted octanol–water partition coefficient (Wildman–Crippen LogP) is 1.24. The van der Waals surface area contributed by atoms with E-state index in [1.54, 1.807) is 7.11 Å². The zero-order chi connectivity index (χ0) is 13.5. The van der Waals surface area contributed by atoms with E-state index in [2.05, 4.69) is 5.32 Å². The molecule has 0 atom stereocenters. The molecule has 1 aliphatic heterocycles. The molecular weight excluding hydrogens is 246 g/mol. The van der Waals surface area contributed by atoms with Gasteiger partial charge in [-0.2, -0.15) is 0 Å². The highest BCUT2D eigenvalue weighted by Crippen LogP contribution is 2.17. The average Bonchev–Trinajstić information content (AvgIpc) is 2.48. The first-order valence-electron chi connectivity index (χ1n) is 6.16. The Morgan fingerprint density at radius 2 is 2.21 bits per heavy atom. The lowest BCUT2D eigenvalue weighted by Crippen LogP contribution is -2.30. The first-order chi connectivity index (χ1) is 9.31. The molecule has 5 nitrogen and oxygen atoms in total. The molecule has 0 saturated heterocycles. The predicted molar refractivity (Wildman–Crippen MR) is 69.7 cm³/mol. The molecule has 5 heteroatoms. The quantitative estimate of drug-likeness (QED) is 0.868. The Hall–Kier alpha value is -2.17. The molecule has 0 bridgehead atoms. The lowest BCUT2D eigenvalue weighted by atomic mass is 10.1. The van der Waals surface area contributed by atoms with E-state index in [4.69, 9.17) is 14.2 Å². The number of carbonyl (C=O) groups is 1. The van der Waals surface area contributed by atoms with Gasteiger partial charge in [0.2, 0.25) is 5.76 Å². The molecule has 2 rings (SSSR count). The van der Waals surface area contributed by atoms with Crippen LogP contribution in [0.4, 0.5) is 0 Å². The molecule has 0 saturated carbocycles. The molecule has 1 aromatic carbocycles. The van der Waals surface area contributed by atoms with E-state index in [0.29, 0.717) is 26.2 Å². The molecular formula is C14H17NO4. The number of rotatable bonds is 5. The maximum atomic E-state index is 11.7. The lowest BCUT2D eigenvalue weighted by molar-refractivity contribution is -0.122. The summed E-state index contributed by atoms with van der Waals surface area (Å²) in [6.07, 6.45) is 2.05. The standard InChI is InChI=1S/C14H17NO4/c1-17-12-5-3-2-4-11(12)6-7-15-14(16)13-10-18-8-9-19-13/h2-5,10H,6-9H2,1H3,(H,15,16). The fraction of sp³-hybridized carbons (Fsp3) is 0.357. The monoisotopic (exact) mass is 263 g/mol. The molecule has 0 aliphatic carbocycles. The van der Waals surface area contributed by atoms with Crippen molar-refractivity contribution in [2.24, 2.45) is 0 Å². The number of ether oxygens (including phenoxy) is 3. The molecule has 1 aromatic rings. The maximum absolute atomic E-state index is 11.7. The first-order valence-corrected chi connectivity index (χ1v) is 6.16. The van der Waals surface area contributed by atoms with Crippen LogP contribution in [0.25, 0.3) is 0 Å². The van der Waals surface area contributed by atoms with Crippen molar-refractivity contribution in [3.05, 3.63) is 41.9 Å². The highest BCUT2D eigenvalue weighted by Gasteiger charge is 2.14. The van der Waals surface area contributed by atoms with Crippen molar-refractivity contribution in [3.63, 3.8) is 0 Å². The van der Waals surface area contributed by atoms with Crippen molar-refractivity contribution < 1.29 is 19.0 Å². The molecule has 1 N–H and O–H groups in total. The number of benzene rings is 1. The second-order valence-electron chi connectivity index (χ2n) is 4.02. The van der Waals surface area contributed by atoms with Crippen LogP contribution in [0.2, 0.25) is 0 Å². The van der Waals surface area contributed by atoms with Gasteiger partial charge in [-0.05, 0) is 18.1 Å². The van der Waals surface area contributed by atoms with Crippen molar-refractivity contribution in [1.82, 2.24) is 5.32 Å². The van der Waals surface area contributed by atoms with Crippen molar-refractivity contribution in [2.75, 3.05) is 26.9 Å². The number of amides is 1. The normalized spacial score (nSPS) is 13.8. The number of para-hydroxylation sites is 1. The fourth-order valence-electron chi connectivity index (χ4n) is 1.79. The highest BCUT2D eigenvalue weighted by molar-refractivity contribution is 5.91. The average molecular weight is 263 g/mol. The molecule has 1 heterocycles. The van der Waals surface area contributed by atoms with Crippen LogP contribution in [-0.2, 0) is 20.7 Å². The third kappa shape index (κ3) is 3.64. The molecule has 0 unspecified atom stereocenters. The molecule has 0 radical (unpaired) electrons. The maximum Gasteiger partial charge on any atom is 0.289 e. The Bertz CT molecular complexity index is 470. The number of nitrogens with one attached hydrogen (secondary N) is 1. The van der Waals surface area contributed by atoms with Gasteiger partial charge in [-0.1, -0.05) is 18.2 Å². The largest absolute Gasteiger partial charge is 0.496 e. The Morgan fingerprint density at radius 1 is 1.37 bits per heavy atom. The van der Waals surface area contributed by atoms with E-state index in [0.717, 1.165) is 11.3 Å². The molecule has 0 aromatic heterocycles. The zero-order valence-corrected chi connectivity index (χ0v) is 10.8. The van der Waals surface area contributed by atoms with E-state index in [1.807, 2.05) is 24.3 Å². The van der Waals surface area contributed by atoms with E-state index in [9.17, 15) is 4.79 Å². The van der Waals surface area contributed by atoms with Gasteiger partial charge in [0.15, 0.2) is 0 Å². The van der Waals surface area contributed by atoms with Crippen LogP contribution in [0.1, 0.15) is 5.56 Å². The van der Waals surface area contributed by atoms with Gasteiger partial charge in [0.1, 0.15) is 25.2 Å². The SMILES string of the molecule is COc1ccccc1CCNC(=O)C1=COCCO1. The van der Waals surface area contributed by atoms with Crippen LogP contribution < -0.4 is 10.1 Å². The number of carbonyl (C=O) groups excluding carboxylic acids is 1. The summed E-state index contributed by atoms with van der Waals surface area (Å²) < 4.78 is 15.5. The van der Waals surface area contributed by atoms with Crippen molar-refractivity contribution >= 4 is 5.91 Å². The second kappa shape index (κ2) is 6.68. The Labute approximate surface area is 112 Å². The third-order valence-corrected chi connectivity index (χ3v) is 2.75. The van der Waals surface area contributed by atoms with Gasteiger partial charge in [-0.25, -0.2) is 0 Å². The van der Waals surface area contributed by atoms with Crippen LogP contribution in [0.5, 0.6) is 5.75 Å². The Balaban J connectivity index is 1.83. The summed E-state index contributed by atoms with van der Waals surface area (Å²) in [6, 6.07) is 7.74. The molecule has 102 valence electrons. The zero-order valence-electron chi connectivity index (χ0n) is 10.8. The number of hydrogen-bond donors (Lipinski definition) is 1. The van der Waals surface area contributed by atoms with Gasteiger partial charge in [-0.15, -0.1) is 0 Å². The molecule has 0 fully saturated rings. The lowest BCUT2D eigenvalue weighted by Gasteiger charge is -2.15. The van der Waals surface area contributed by atoms with E-state index in [-0.39, 0.29) is 11.7 Å². The van der Waals surface area contributed by atoms with Crippen LogP contribution in [0.15, 0.2) is 36.3 Å². The minimum Gasteiger partial charge on any atom is -0.496 e. The molecule has 1 amide bonds. The van der Waals surface area contributed by atoms with Gasteiger partial charge in [0, 0.05) is 6.54 Å². The van der Waals surface area contributed by atoms with Crippen LogP contribution in [0.3, 0.4) is 0 Å². The Morgan fingerprint density at radius 3 is 2.95 bits per heavy atom. The number of hydrogen-bond acceptors (Lipinski definition) is 4. The summed E-state index contributed by atoms with van der Waals surface area (Å²) in [6.45, 7) is 1.41. The van der Waals surface area contributed by atoms with E-state index in [1.165, 1.54) is 6.26 Å². The van der Waals surface area contributed by atoms with Gasteiger partial charge < -0.3 is 19.5 Å². The minimum absolute atomic E-state index is 0.228. The number of methoxy groups -OCH3 is 1. The molecule has 1 aliphatic rings. The fourth-order valence-corrected chi connectivity index (χ4v) is 1.79. The van der Waals surface area contributed by atoms with Crippen LogP contribution in [-0.4, -0.2) is 32.8 Å².